The summed E-state index contributed by atoms with van der Waals surface area (Å²) >= 11 is 0. The Balaban J connectivity index is 1.42. The van der Waals surface area contributed by atoms with Gasteiger partial charge < -0.3 is 14.6 Å². The van der Waals surface area contributed by atoms with E-state index in [9.17, 15) is 13.5 Å². The molecule has 3 aromatic rings. The van der Waals surface area contributed by atoms with E-state index in [-0.39, 0.29) is 11.5 Å². The van der Waals surface area contributed by atoms with Gasteiger partial charge >= 0.3 is 0 Å². The summed E-state index contributed by atoms with van der Waals surface area (Å²) in [5, 5.41) is 10.4. The van der Waals surface area contributed by atoms with Gasteiger partial charge in [0.15, 0.2) is 0 Å². The van der Waals surface area contributed by atoms with Gasteiger partial charge in [0, 0.05) is 11.6 Å². The zero-order valence-corrected chi connectivity index (χ0v) is 20.9. The smallest absolute Gasteiger partial charge is 0.261 e. The SMILES string of the molecule is Cc1ccc(S(=O)(=O)Nc2ccc(OCC3(C)CCc4c(C)c(O)c(C)c(C)c4O3)nc2)cc1. The van der Waals surface area contributed by atoms with E-state index in [1.54, 1.807) is 36.4 Å². The van der Waals surface area contributed by atoms with Crippen LogP contribution in [0.2, 0.25) is 0 Å². The molecule has 0 spiro atoms. The molecule has 4 rings (SSSR count). The molecule has 0 saturated carbocycles. The number of anilines is 1. The van der Waals surface area contributed by atoms with Crippen LogP contribution >= 0.6 is 0 Å². The maximum absolute atomic E-state index is 12.6. The summed E-state index contributed by atoms with van der Waals surface area (Å²) in [6, 6.07) is 9.89. The molecule has 0 fully saturated rings. The number of nitrogens with one attached hydrogen (secondary N) is 1. The molecule has 2 heterocycles. The molecule has 0 saturated heterocycles. The van der Waals surface area contributed by atoms with E-state index in [2.05, 4.69) is 9.71 Å². The van der Waals surface area contributed by atoms with Crippen molar-refractivity contribution in [3.8, 4) is 17.4 Å². The standard InChI is InChI=1S/C26H30N2O5S/c1-16-6-9-21(10-7-16)34(30,31)28-20-8-11-23(27-14-20)32-15-26(5)13-12-22-19(4)24(29)17(2)18(3)25(22)33-26/h6-11,14,28-29H,12-13,15H2,1-5H3. The first-order valence-electron chi connectivity index (χ1n) is 11.2. The zero-order chi connectivity index (χ0) is 24.7. The molecule has 2 N–H and O–H groups in total. The number of aromatic hydroxyl groups is 1. The fourth-order valence-corrected chi connectivity index (χ4v) is 5.12. The largest absolute Gasteiger partial charge is 0.507 e. The fourth-order valence-electron chi connectivity index (χ4n) is 4.08. The van der Waals surface area contributed by atoms with Crippen molar-refractivity contribution in [2.24, 2.45) is 0 Å². The second kappa shape index (κ2) is 8.83. The van der Waals surface area contributed by atoms with Gasteiger partial charge in [-0.3, -0.25) is 4.72 Å². The van der Waals surface area contributed by atoms with Gasteiger partial charge in [-0.1, -0.05) is 17.7 Å². The van der Waals surface area contributed by atoms with Crippen molar-refractivity contribution in [3.05, 3.63) is 70.4 Å². The predicted octanol–water partition coefficient (Wildman–Crippen LogP) is 4.98. The summed E-state index contributed by atoms with van der Waals surface area (Å²) in [6.45, 7) is 9.95. The number of nitrogens with zero attached hydrogens (tertiary/aromatic N) is 1. The normalized spacial score (nSPS) is 17.6. The Labute approximate surface area is 200 Å². The molecular formula is C26H30N2O5S. The molecule has 34 heavy (non-hydrogen) atoms. The molecule has 180 valence electrons. The number of ether oxygens (including phenoxy) is 2. The third-order valence-corrected chi connectivity index (χ3v) is 7.83. The molecule has 2 aromatic carbocycles. The van der Waals surface area contributed by atoms with E-state index in [0.29, 0.717) is 17.3 Å². The molecule has 1 aliphatic rings. The van der Waals surface area contributed by atoms with E-state index >= 15 is 0 Å². The van der Waals surface area contributed by atoms with Crippen molar-refractivity contribution < 1.29 is 23.0 Å². The van der Waals surface area contributed by atoms with Gasteiger partial charge in [0.1, 0.15) is 23.7 Å². The molecule has 0 radical (unpaired) electrons. The molecular weight excluding hydrogens is 452 g/mol. The first-order chi connectivity index (χ1) is 16.0. The molecule has 1 aromatic heterocycles. The Morgan fingerprint density at radius 1 is 1.06 bits per heavy atom. The van der Waals surface area contributed by atoms with Gasteiger partial charge in [0.25, 0.3) is 10.0 Å². The van der Waals surface area contributed by atoms with Crippen LogP contribution in [0.15, 0.2) is 47.5 Å². The lowest BCUT2D eigenvalue weighted by molar-refractivity contribution is 0.0152. The maximum atomic E-state index is 12.6. The third kappa shape index (κ3) is 4.68. The lowest BCUT2D eigenvalue weighted by Gasteiger charge is -2.37. The summed E-state index contributed by atoms with van der Waals surface area (Å²) in [7, 11) is -3.69. The average Bonchev–Trinajstić information content (AvgIpc) is 2.81. The highest BCUT2D eigenvalue weighted by Crippen LogP contribution is 2.43. The lowest BCUT2D eigenvalue weighted by Crippen LogP contribution is -2.42. The van der Waals surface area contributed by atoms with Gasteiger partial charge in [0.2, 0.25) is 5.88 Å². The Kier molecular flexibility index (Phi) is 6.20. The fraction of sp³-hybridized carbons (Fsp3) is 0.346. The van der Waals surface area contributed by atoms with Crippen molar-refractivity contribution in [2.75, 3.05) is 11.3 Å². The minimum atomic E-state index is -3.69. The minimum Gasteiger partial charge on any atom is -0.507 e. The molecule has 7 nitrogen and oxygen atoms in total. The molecule has 1 atom stereocenters. The highest BCUT2D eigenvalue weighted by molar-refractivity contribution is 7.92. The Hall–Kier alpha value is -3.26. The van der Waals surface area contributed by atoms with Crippen LogP contribution in [0, 0.1) is 27.7 Å². The Morgan fingerprint density at radius 2 is 1.76 bits per heavy atom. The van der Waals surface area contributed by atoms with Gasteiger partial charge in [-0.2, -0.15) is 0 Å². The second-order valence-corrected chi connectivity index (χ2v) is 10.9. The third-order valence-electron chi connectivity index (χ3n) is 6.44. The average molecular weight is 483 g/mol. The number of rotatable bonds is 6. The number of fused-ring (bicyclic) bond motifs is 1. The van der Waals surface area contributed by atoms with Crippen LogP contribution in [0.5, 0.6) is 17.4 Å². The number of hydrogen-bond acceptors (Lipinski definition) is 6. The molecule has 1 unspecified atom stereocenters. The van der Waals surface area contributed by atoms with E-state index in [0.717, 1.165) is 46.4 Å². The van der Waals surface area contributed by atoms with Crippen LogP contribution in [0.3, 0.4) is 0 Å². The highest BCUT2D eigenvalue weighted by atomic mass is 32.2. The molecule has 1 aliphatic heterocycles. The second-order valence-electron chi connectivity index (χ2n) is 9.18. The van der Waals surface area contributed by atoms with Crippen LogP contribution < -0.4 is 14.2 Å². The van der Waals surface area contributed by atoms with Crippen molar-refractivity contribution in [1.82, 2.24) is 4.98 Å². The van der Waals surface area contributed by atoms with Crippen LogP contribution in [-0.4, -0.2) is 30.7 Å². The summed E-state index contributed by atoms with van der Waals surface area (Å²) in [6.07, 6.45) is 2.94. The van der Waals surface area contributed by atoms with E-state index in [1.807, 2.05) is 34.6 Å². The van der Waals surface area contributed by atoms with Crippen LogP contribution in [0.4, 0.5) is 5.69 Å². The van der Waals surface area contributed by atoms with E-state index in [1.165, 1.54) is 6.20 Å². The van der Waals surface area contributed by atoms with Crippen molar-refractivity contribution >= 4 is 15.7 Å². The number of pyridine rings is 1. The lowest BCUT2D eigenvalue weighted by atomic mass is 9.87. The van der Waals surface area contributed by atoms with Gasteiger partial charge in [-0.25, -0.2) is 13.4 Å². The van der Waals surface area contributed by atoms with Crippen molar-refractivity contribution in [1.29, 1.82) is 0 Å². The number of hydrogen-bond donors (Lipinski definition) is 2. The number of aryl methyl sites for hydroxylation is 1. The highest BCUT2D eigenvalue weighted by Gasteiger charge is 2.35. The number of benzene rings is 2. The number of phenols is 1. The molecule has 0 aliphatic carbocycles. The summed E-state index contributed by atoms with van der Waals surface area (Å²) < 4.78 is 40.0. The topological polar surface area (TPSA) is 97.8 Å². The Bertz CT molecular complexity index is 1320. The molecule has 0 amide bonds. The van der Waals surface area contributed by atoms with Crippen molar-refractivity contribution in [2.45, 2.75) is 58.0 Å². The number of phenolic OH excluding ortho intramolecular Hbond substituents is 1. The number of aromatic nitrogens is 1. The predicted molar refractivity (Wildman–Crippen MR) is 131 cm³/mol. The Morgan fingerprint density at radius 3 is 2.41 bits per heavy atom. The number of sulfonamides is 1. The quantitative estimate of drug-likeness (QED) is 0.514. The monoisotopic (exact) mass is 482 g/mol. The van der Waals surface area contributed by atoms with Gasteiger partial charge in [-0.15, -0.1) is 0 Å². The molecule has 0 bridgehead atoms. The minimum absolute atomic E-state index is 0.190. The van der Waals surface area contributed by atoms with E-state index < -0.39 is 15.6 Å². The maximum Gasteiger partial charge on any atom is 0.261 e. The zero-order valence-electron chi connectivity index (χ0n) is 20.1. The van der Waals surface area contributed by atoms with Crippen LogP contribution in [0.25, 0.3) is 0 Å². The summed E-state index contributed by atoms with van der Waals surface area (Å²) in [4.78, 5) is 4.44. The van der Waals surface area contributed by atoms with Crippen LogP contribution in [-0.2, 0) is 16.4 Å². The summed E-state index contributed by atoms with van der Waals surface area (Å²) in [5.74, 6) is 1.53. The van der Waals surface area contributed by atoms with Gasteiger partial charge in [-0.05, 0) is 82.3 Å². The molecule has 8 heteroatoms. The summed E-state index contributed by atoms with van der Waals surface area (Å²) in [5.41, 5.74) is 4.45. The van der Waals surface area contributed by atoms with Crippen LogP contribution in [0.1, 0.15) is 41.2 Å². The van der Waals surface area contributed by atoms with E-state index in [4.69, 9.17) is 9.47 Å². The first kappa shape index (κ1) is 23.9. The first-order valence-corrected chi connectivity index (χ1v) is 12.7. The van der Waals surface area contributed by atoms with Gasteiger partial charge in [0.05, 0.1) is 16.8 Å². The van der Waals surface area contributed by atoms with Crippen molar-refractivity contribution in [3.63, 3.8) is 0 Å².